The molecule has 1 heterocycles. The Morgan fingerprint density at radius 1 is 1.50 bits per heavy atom. The maximum Gasteiger partial charge on any atom is 0.248 e. The van der Waals surface area contributed by atoms with Crippen LogP contribution < -0.4 is 11.5 Å². The van der Waals surface area contributed by atoms with Gasteiger partial charge in [0.25, 0.3) is 0 Å². The number of amides is 1. The summed E-state index contributed by atoms with van der Waals surface area (Å²) in [6, 6.07) is 7.07. The number of amidine groups is 1. The molecule has 2 rings (SSSR count). The Morgan fingerprint density at radius 2 is 2.22 bits per heavy atom. The van der Waals surface area contributed by atoms with Crippen molar-refractivity contribution in [3.05, 3.63) is 35.4 Å². The van der Waals surface area contributed by atoms with Crippen LogP contribution in [0.1, 0.15) is 22.8 Å². The molecule has 0 fully saturated rings. The number of aliphatic imine (C=N–C) groups is 1. The second-order valence-corrected chi connectivity index (χ2v) is 4.31. The Balaban J connectivity index is 0.00000162. The van der Waals surface area contributed by atoms with E-state index in [9.17, 15) is 4.79 Å². The van der Waals surface area contributed by atoms with Crippen molar-refractivity contribution in [3.63, 3.8) is 0 Å². The molecule has 0 saturated heterocycles. The molecular formula is C12H16ClN3O2. The topological polar surface area (TPSA) is 90.7 Å². The van der Waals surface area contributed by atoms with Crippen LogP contribution in [0.15, 0.2) is 29.3 Å². The van der Waals surface area contributed by atoms with Crippen molar-refractivity contribution in [1.82, 2.24) is 0 Å². The number of rotatable bonds is 2. The number of primary amides is 1. The van der Waals surface area contributed by atoms with Gasteiger partial charge in [0.2, 0.25) is 5.91 Å². The third kappa shape index (κ3) is 2.80. The second-order valence-electron chi connectivity index (χ2n) is 4.31. The lowest BCUT2D eigenvalue weighted by Crippen LogP contribution is -2.37. The van der Waals surface area contributed by atoms with Crippen LogP contribution in [0, 0.1) is 0 Å². The minimum atomic E-state index is -0.548. The standard InChI is InChI=1S/C12H15N3O2.ClH/c1-12(7-17-6-10(13)15-12)9-4-2-3-8(5-9)11(14)16;/h2-5H,6-7H2,1H3,(H2,13,15)(H2,14,16);1H/t12-;/m1./s1. The quantitative estimate of drug-likeness (QED) is 0.832. The van der Waals surface area contributed by atoms with Gasteiger partial charge in [-0.05, 0) is 24.6 Å². The number of ether oxygens (including phenoxy) is 1. The van der Waals surface area contributed by atoms with E-state index in [-0.39, 0.29) is 12.4 Å². The van der Waals surface area contributed by atoms with Crippen LogP contribution >= 0.6 is 12.4 Å². The van der Waals surface area contributed by atoms with Crippen LogP contribution in [0.2, 0.25) is 0 Å². The predicted molar refractivity (Wildman–Crippen MR) is 72.0 cm³/mol. The number of hydrogen-bond acceptors (Lipinski definition) is 4. The normalized spacial score (nSPS) is 22.8. The summed E-state index contributed by atoms with van der Waals surface area (Å²) in [5, 5.41) is 0. The Hall–Kier alpha value is -1.59. The summed E-state index contributed by atoms with van der Waals surface area (Å²) in [4.78, 5) is 15.5. The molecule has 1 aromatic carbocycles. The Labute approximate surface area is 112 Å². The molecule has 0 bridgehead atoms. The molecule has 0 spiro atoms. The number of nitrogens with zero attached hydrogens (tertiary/aromatic N) is 1. The average molecular weight is 270 g/mol. The molecule has 98 valence electrons. The van der Waals surface area contributed by atoms with Gasteiger partial charge in [-0.25, -0.2) is 0 Å². The lowest BCUT2D eigenvalue weighted by atomic mass is 9.91. The second kappa shape index (κ2) is 5.37. The molecule has 1 aliphatic heterocycles. The van der Waals surface area contributed by atoms with Crippen molar-refractivity contribution in [2.45, 2.75) is 12.5 Å². The number of carbonyl (C=O) groups is 1. The molecule has 1 amide bonds. The highest BCUT2D eigenvalue weighted by Gasteiger charge is 2.30. The van der Waals surface area contributed by atoms with E-state index in [1.54, 1.807) is 18.2 Å². The minimum Gasteiger partial charge on any atom is -0.386 e. The summed E-state index contributed by atoms with van der Waals surface area (Å²) >= 11 is 0. The van der Waals surface area contributed by atoms with Crippen molar-refractivity contribution in [3.8, 4) is 0 Å². The van der Waals surface area contributed by atoms with Crippen molar-refractivity contribution >= 4 is 24.1 Å². The molecule has 0 radical (unpaired) electrons. The molecule has 6 heteroatoms. The first kappa shape index (κ1) is 14.5. The number of nitrogens with two attached hydrogens (primary N) is 2. The van der Waals surface area contributed by atoms with Gasteiger partial charge in [0, 0.05) is 5.56 Å². The summed E-state index contributed by atoms with van der Waals surface area (Å²) in [5.41, 5.74) is 11.7. The Kier molecular flexibility index (Phi) is 4.32. The largest absolute Gasteiger partial charge is 0.386 e. The van der Waals surface area contributed by atoms with Crippen molar-refractivity contribution < 1.29 is 9.53 Å². The highest BCUT2D eigenvalue weighted by atomic mass is 35.5. The first-order valence-electron chi connectivity index (χ1n) is 5.33. The first-order valence-corrected chi connectivity index (χ1v) is 5.33. The summed E-state index contributed by atoms with van der Waals surface area (Å²) in [6.45, 7) is 2.71. The molecule has 1 atom stereocenters. The van der Waals surface area contributed by atoms with E-state index in [0.717, 1.165) is 5.56 Å². The van der Waals surface area contributed by atoms with Crippen molar-refractivity contribution in [2.75, 3.05) is 13.2 Å². The van der Waals surface area contributed by atoms with E-state index in [1.165, 1.54) is 0 Å². The summed E-state index contributed by atoms with van der Waals surface area (Å²) < 4.78 is 5.38. The van der Waals surface area contributed by atoms with Gasteiger partial charge in [0.05, 0.1) is 6.61 Å². The van der Waals surface area contributed by atoms with Gasteiger partial charge in [-0.3, -0.25) is 9.79 Å². The van der Waals surface area contributed by atoms with E-state index < -0.39 is 11.4 Å². The maximum atomic E-state index is 11.1. The highest BCUT2D eigenvalue weighted by Crippen LogP contribution is 2.28. The zero-order valence-electron chi connectivity index (χ0n) is 10.1. The number of hydrogen-bond donors (Lipinski definition) is 2. The molecule has 5 nitrogen and oxygen atoms in total. The Morgan fingerprint density at radius 3 is 2.83 bits per heavy atom. The van der Waals surface area contributed by atoms with E-state index >= 15 is 0 Å². The molecule has 4 N–H and O–H groups in total. The van der Waals surface area contributed by atoms with Crippen molar-refractivity contribution in [1.29, 1.82) is 0 Å². The van der Waals surface area contributed by atoms with Crippen LogP contribution in [0.4, 0.5) is 0 Å². The fourth-order valence-electron chi connectivity index (χ4n) is 1.89. The number of benzene rings is 1. The van der Waals surface area contributed by atoms with Crippen LogP contribution in [0.3, 0.4) is 0 Å². The zero-order chi connectivity index (χ0) is 12.5. The molecule has 1 aliphatic rings. The number of halogens is 1. The minimum absolute atomic E-state index is 0. The molecule has 0 saturated carbocycles. The third-order valence-corrected chi connectivity index (χ3v) is 2.79. The molecule has 1 aromatic rings. The lowest BCUT2D eigenvalue weighted by Gasteiger charge is -2.30. The fraction of sp³-hybridized carbons (Fsp3) is 0.333. The van der Waals surface area contributed by atoms with Gasteiger partial charge >= 0.3 is 0 Å². The van der Waals surface area contributed by atoms with E-state index in [4.69, 9.17) is 16.2 Å². The summed E-state index contributed by atoms with van der Waals surface area (Å²) in [6.07, 6.45) is 0. The van der Waals surface area contributed by atoms with Crippen molar-refractivity contribution in [2.24, 2.45) is 16.5 Å². The van der Waals surface area contributed by atoms with Crippen LogP contribution in [-0.4, -0.2) is 25.0 Å². The molecular weight excluding hydrogens is 254 g/mol. The van der Waals surface area contributed by atoms with Gasteiger partial charge < -0.3 is 16.2 Å². The zero-order valence-corrected chi connectivity index (χ0v) is 10.9. The predicted octanol–water partition coefficient (Wildman–Crippen LogP) is 0.810. The van der Waals surface area contributed by atoms with E-state index in [2.05, 4.69) is 4.99 Å². The smallest absolute Gasteiger partial charge is 0.248 e. The van der Waals surface area contributed by atoms with Gasteiger partial charge in [-0.1, -0.05) is 12.1 Å². The summed E-state index contributed by atoms with van der Waals surface area (Å²) in [7, 11) is 0. The first-order chi connectivity index (χ1) is 8.01. The van der Waals surface area contributed by atoms with Crippen LogP contribution in [0.5, 0.6) is 0 Å². The molecule has 0 aromatic heterocycles. The average Bonchev–Trinajstić information content (AvgIpc) is 2.29. The van der Waals surface area contributed by atoms with E-state index in [0.29, 0.717) is 24.6 Å². The molecule has 0 unspecified atom stereocenters. The van der Waals surface area contributed by atoms with Crippen LogP contribution in [0.25, 0.3) is 0 Å². The van der Waals surface area contributed by atoms with Crippen LogP contribution in [-0.2, 0) is 10.3 Å². The summed E-state index contributed by atoms with van der Waals surface area (Å²) in [5.74, 6) is 0.00681. The molecule has 0 aliphatic carbocycles. The Bertz CT molecular complexity index is 490. The van der Waals surface area contributed by atoms with Gasteiger partial charge in [-0.2, -0.15) is 0 Å². The lowest BCUT2D eigenvalue weighted by molar-refractivity contribution is 0.0997. The monoisotopic (exact) mass is 269 g/mol. The third-order valence-electron chi connectivity index (χ3n) is 2.79. The van der Waals surface area contributed by atoms with Gasteiger partial charge in [-0.15, -0.1) is 12.4 Å². The van der Waals surface area contributed by atoms with Gasteiger partial charge in [0.15, 0.2) is 0 Å². The highest BCUT2D eigenvalue weighted by molar-refractivity contribution is 5.93. The SMILES string of the molecule is C[C@]1(c2cccc(C(N)=O)c2)COCC(N)=N1.Cl. The van der Waals surface area contributed by atoms with Gasteiger partial charge in [0.1, 0.15) is 18.0 Å². The number of carbonyl (C=O) groups excluding carboxylic acids is 1. The molecule has 18 heavy (non-hydrogen) atoms. The fourth-order valence-corrected chi connectivity index (χ4v) is 1.89. The van der Waals surface area contributed by atoms with E-state index in [1.807, 2.05) is 13.0 Å². The maximum absolute atomic E-state index is 11.1.